The van der Waals surface area contributed by atoms with Crippen LogP contribution in [0.2, 0.25) is 0 Å². The minimum Gasteiger partial charge on any atom is -0.381 e. The van der Waals surface area contributed by atoms with Crippen molar-refractivity contribution < 1.29 is 40.4 Å². The van der Waals surface area contributed by atoms with E-state index in [1.54, 1.807) is 0 Å². The normalized spacial score (nSPS) is 15.4. The number of carbonyl (C=O) groups is 1. The van der Waals surface area contributed by atoms with Gasteiger partial charge in [-0.15, -0.1) is 11.3 Å². The van der Waals surface area contributed by atoms with Gasteiger partial charge < -0.3 is 14.5 Å². The highest BCUT2D eigenvalue weighted by Crippen LogP contribution is 2.42. The number of hydrogen-bond donors (Lipinski definition) is 2. The molecule has 1 amide bonds. The predicted octanol–water partition coefficient (Wildman–Crippen LogP) is 4.43. The maximum atomic E-state index is 15.5. The Labute approximate surface area is 231 Å². The third-order valence-electron chi connectivity index (χ3n) is 5.97. The molecular formula is C24H27F4N5O5S2. The molecular weight excluding hydrogens is 578 g/mol. The summed E-state index contributed by atoms with van der Waals surface area (Å²) in [7, 11) is -4.48. The Hall–Kier alpha value is -2.95. The van der Waals surface area contributed by atoms with Crippen molar-refractivity contribution in [3.8, 4) is 21.3 Å². The first-order valence-electron chi connectivity index (χ1n) is 12.2. The van der Waals surface area contributed by atoms with Gasteiger partial charge in [0.2, 0.25) is 15.8 Å². The largest absolute Gasteiger partial charge is 0.381 e. The predicted molar refractivity (Wildman–Crippen MR) is 136 cm³/mol. The van der Waals surface area contributed by atoms with Crippen LogP contribution in [-0.2, 0) is 15.6 Å². The van der Waals surface area contributed by atoms with Crippen molar-refractivity contribution in [3.05, 3.63) is 35.1 Å². The van der Waals surface area contributed by atoms with Crippen molar-refractivity contribution in [1.82, 2.24) is 24.7 Å². The number of benzene rings is 1. The number of aliphatic hydroxyl groups is 1. The molecule has 1 aliphatic heterocycles. The van der Waals surface area contributed by atoms with Crippen LogP contribution in [0, 0.1) is 5.82 Å². The number of likely N-dealkylation sites (tertiary alicyclic amines) is 1. The number of hydrogen-bond acceptors (Lipinski definition) is 9. The quantitative estimate of drug-likeness (QED) is 0.360. The number of nitrogens with zero attached hydrogens (tertiary/aromatic N) is 4. The van der Waals surface area contributed by atoms with Crippen LogP contribution in [0.25, 0.3) is 21.3 Å². The van der Waals surface area contributed by atoms with Crippen molar-refractivity contribution in [3.63, 3.8) is 0 Å². The van der Waals surface area contributed by atoms with E-state index in [4.69, 9.17) is 4.52 Å². The molecule has 1 aromatic carbocycles. The first-order chi connectivity index (χ1) is 18.6. The molecule has 0 atom stereocenters. The molecule has 218 valence electrons. The molecule has 0 bridgehead atoms. The molecule has 1 fully saturated rings. The molecule has 1 saturated heterocycles. The Kier molecular flexibility index (Phi) is 8.36. The highest BCUT2D eigenvalue weighted by Gasteiger charge is 2.34. The van der Waals surface area contributed by atoms with Crippen LogP contribution in [-0.4, -0.2) is 64.8 Å². The van der Waals surface area contributed by atoms with E-state index in [1.165, 1.54) is 32.6 Å². The number of piperidine rings is 1. The van der Waals surface area contributed by atoms with E-state index in [-0.39, 0.29) is 53.2 Å². The van der Waals surface area contributed by atoms with Crippen LogP contribution < -0.4 is 4.72 Å². The smallest absolute Gasteiger partial charge is 0.274 e. The molecule has 4 rings (SSSR count). The number of sulfonamides is 1. The molecule has 0 saturated carbocycles. The van der Waals surface area contributed by atoms with Crippen LogP contribution in [0.4, 0.5) is 17.6 Å². The van der Waals surface area contributed by atoms with Gasteiger partial charge in [0.1, 0.15) is 22.4 Å². The first kappa shape index (κ1) is 30.0. The summed E-state index contributed by atoms with van der Waals surface area (Å²) in [5.41, 5.74) is -3.54. The summed E-state index contributed by atoms with van der Waals surface area (Å²) in [6, 6.07) is 1.19. The summed E-state index contributed by atoms with van der Waals surface area (Å²) in [6.45, 7) is 5.85. The van der Waals surface area contributed by atoms with E-state index >= 15 is 4.39 Å². The Balaban J connectivity index is 1.90. The van der Waals surface area contributed by atoms with E-state index in [0.29, 0.717) is 11.3 Å². The zero-order chi connectivity index (χ0) is 29.6. The fourth-order valence-corrected chi connectivity index (χ4v) is 6.43. The van der Waals surface area contributed by atoms with Gasteiger partial charge >= 0.3 is 0 Å². The Morgan fingerprint density at radius 1 is 1.23 bits per heavy atom. The maximum Gasteiger partial charge on any atom is 0.274 e. The van der Waals surface area contributed by atoms with Crippen LogP contribution in [0.1, 0.15) is 68.9 Å². The van der Waals surface area contributed by atoms with Crippen LogP contribution in [0.3, 0.4) is 0 Å². The third-order valence-corrected chi connectivity index (χ3v) is 8.73. The summed E-state index contributed by atoms with van der Waals surface area (Å²) < 4.78 is 90.3. The average molecular weight is 606 g/mol. The van der Waals surface area contributed by atoms with Gasteiger partial charge in [-0.3, -0.25) is 4.79 Å². The maximum absolute atomic E-state index is 15.5. The van der Waals surface area contributed by atoms with Crippen LogP contribution >= 0.6 is 11.3 Å². The summed E-state index contributed by atoms with van der Waals surface area (Å²) in [5.74, 6) is -2.72. The van der Waals surface area contributed by atoms with E-state index < -0.39 is 62.0 Å². The second-order valence-electron chi connectivity index (χ2n) is 10.1. The first-order valence-corrected chi connectivity index (χ1v) is 14.5. The van der Waals surface area contributed by atoms with Gasteiger partial charge in [0, 0.05) is 24.7 Å². The molecule has 16 heteroatoms. The Bertz CT molecular complexity index is 1510. The number of aromatic nitrogens is 3. The van der Waals surface area contributed by atoms with Gasteiger partial charge in [-0.05, 0) is 46.6 Å². The van der Waals surface area contributed by atoms with E-state index in [2.05, 4.69) is 19.8 Å². The number of amides is 1. The molecule has 0 aliphatic carbocycles. The zero-order valence-corrected chi connectivity index (χ0v) is 23.5. The molecule has 2 N–H and O–H groups in total. The fourth-order valence-electron chi connectivity index (χ4n) is 4.07. The van der Waals surface area contributed by atoms with Gasteiger partial charge in [-0.25, -0.2) is 35.7 Å². The van der Waals surface area contributed by atoms with Crippen molar-refractivity contribution in [1.29, 1.82) is 0 Å². The SMILES string of the molecule is CC(C)NS(=O)(=O)c1ccc(-c2sc(-c3noc(C(C)(C)O)n3)nc2C(=O)N2CCC(F)CC2)c(C(F)F)c1F. The Morgan fingerprint density at radius 2 is 1.88 bits per heavy atom. The summed E-state index contributed by atoms with van der Waals surface area (Å²) in [5, 5.41) is 13.8. The van der Waals surface area contributed by atoms with Crippen LogP contribution in [0.5, 0.6) is 0 Å². The molecule has 0 unspecified atom stereocenters. The Morgan fingerprint density at radius 3 is 2.42 bits per heavy atom. The highest BCUT2D eigenvalue weighted by atomic mass is 32.2. The average Bonchev–Trinajstić information content (AvgIpc) is 3.50. The lowest BCUT2D eigenvalue weighted by Gasteiger charge is -2.28. The monoisotopic (exact) mass is 605 g/mol. The lowest BCUT2D eigenvalue weighted by molar-refractivity contribution is 0.0420. The molecule has 40 heavy (non-hydrogen) atoms. The standard InChI is InChI=1S/C24H27F4N5O5S2/c1-11(2)32-40(36,37)14-6-5-13(15(16(14)26)19(27)28)18-17(22(34)33-9-7-12(25)8-10-33)29-21(39-18)20-30-23(38-31-20)24(3,4)35/h5-6,11-12,19,32,35H,7-10H2,1-4H3. The van der Waals surface area contributed by atoms with Crippen molar-refractivity contribution in [2.75, 3.05) is 13.1 Å². The number of carbonyl (C=O) groups excluding carboxylic acids is 1. The zero-order valence-electron chi connectivity index (χ0n) is 21.9. The lowest BCUT2D eigenvalue weighted by Crippen LogP contribution is -2.39. The third kappa shape index (κ3) is 6.04. The molecule has 3 aromatic rings. The number of nitrogens with one attached hydrogen (secondary N) is 1. The van der Waals surface area contributed by atoms with Gasteiger partial charge in [0.25, 0.3) is 18.2 Å². The minimum atomic E-state index is -4.48. The van der Waals surface area contributed by atoms with E-state index in [1.807, 2.05) is 0 Å². The van der Waals surface area contributed by atoms with Crippen molar-refractivity contribution in [2.45, 2.75) is 69.7 Å². The molecule has 1 aliphatic rings. The molecule has 3 heterocycles. The summed E-state index contributed by atoms with van der Waals surface area (Å²) in [4.78, 5) is 21.9. The van der Waals surface area contributed by atoms with Crippen LogP contribution in [0.15, 0.2) is 21.6 Å². The van der Waals surface area contributed by atoms with Gasteiger partial charge in [0.05, 0.1) is 10.4 Å². The fraction of sp³-hybridized carbons (Fsp3) is 0.500. The summed E-state index contributed by atoms with van der Waals surface area (Å²) in [6.07, 6.45) is -4.41. The molecule has 0 spiro atoms. The number of alkyl halides is 3. The second-order valence-corrected chi connectivity index (χ2v) is 12.7. The lowest BCUT2D eigenvalue weighted by atomic mass is 10.0. The summed E-state index contributed by atoms with van der Waals surface area (Å²) >= 11 is 0.682. The molecule has 2 aromatic heterocycles. The van der Waals surface area contributed by atoms with Crippen molar-refractivity contribution in [2.24, 2.45) is 0 Å². The number of thiazole rings is 1. The van der Waals surface area contributed by atoms with Gasteiger partial charge in [-0.1, -0.05) is 11.2 Å². The number of halogens is 4. The second kappa shape index (κ2) is 11.1. The van der Waals surface area contributed by atoms with Crippen molar-refractivity contribution >= 4 is 27.3 Å². The number of rotatable bonds is 8. The minimum absolute atomic E-state index is 0.0471. The van der Waals surface area contributed by atoms with E-state index in [9.17, 15) is 31.5 Å². The van der Waals surface area contributed by atoms with Gasteiger partial charge in [-0.2, -0.15) is 4.98 Å². The highest BCUT2D eigenvalue weighted by molar-refractivity contribution is 7.89. The van der Waals surface area contributed by atoms with Gasteiger partial charge in [0.15, 0.2) is 10.8 Å². The molecule has 10 nitrogen and oxygen atoms in total. The van der Waals surface area contributed by atoms with E-state index in [0.717, 1.165) is 12.1 Å². The topological polar surface area (TPSA) is 139 Å². The molecule has 0 radical (unpaired) electrons.